The maximum Gasteiger partial charge on any atom is 0.348 e. The second kappa shape index (κ2) is 13.8. The van der Waals surface area contributed by atoms with Crippen LogP contribution in [0.3, 0.4) is 0 Å². The van der Waals surface area contributed by atoms with Crippen molar-refractivity contribution in [1.82, 2.24) is 0 Å². The first-order chi connectivity index (χ1) is 16.5. The molecule has 34 heavy (non-hydrogen) atoms. The largest absolute Gasteiger partial charge is 0.489 e. The predicted molar refractivity (Wildman–Crippen MR) is 124 cm³/mol. The number of para-hydroxylation sites is 2. The van der Waals surface area contributed by atoms with Crippen LogP contribution in [-0.2, 0) is 19.1 Å². The highest BCUT2D eigenvalue weighted by molar-refractivity contribution is 5.98. The van der Waals surface area contributed by atoms with Gasteiger partial charge in [0.05, 0.1) is 13.2 Å². The second-order valence-electron chi connectivity index (χ2n) is 6.55. The molecule has 0 spiro atoms. The van der Waals surface area contributed by atoms with Crippen LogP contribution in [0.2, 0.25) is 0 Å². The lowest BCUT2D eigenvalue weighted by molar-refractivity contribution is -0.138. The Morgan fingerprint density at radius 3 is 1.47 bits per heavy atom. The summed E-state index contributed by atoms with van der Waals surface area (Å²) in [4.78, 5) is 23.8. The van der Waals surface area contributed by atoms with Crippen molar-refractivity contribution in [2.45, 2.75) is 13.8 Å². The summed E-state index contributed by atoms with van der Waals surface area (Å²) in [5, 5.41) is 18.5. The van der Waals surface area contributed by atoms with E-state index in [-0.39, 0.29) is 37.6 Å². The molecule has 0 saturated carbocycles. The van der Waals surface area contributed by atoms with E-state index >= 15 is 0 Å². The van der Waals surface area contributed by atoms with Crippen LogP contribution in [0.1, 0.15) is 25.0 Å². The Labute approximate surface area is 198 Å². The summed E-state index contributed by atoms with van der Waals surface area (Å²) in [7, 11) is 0. The summed E-state index contributed by atoms with van der Waals surface area (Å²) in [6, 6.07) is 17.6. The minimum Gasteiger partial charge on any atom is -0.489 e. The normalized spacial score (nSPS) is 11.1. The Morgan fingerprint density at radius 1 is 0.735 bits per heavy atom. The number of esters is 2. The number of nitriles is 2. The fraction of sp³-hybridized carbons (Fsp3) is 0.231. The summed E-state index contributed by atoms with van der Waals surface area (Å²) in [6.07, 6.45) is 2.82. The van der Waals surface area contributed by atoms with E-state index in [2.05, 4.69) is 0 Å². The quantitative estimate of drug-likeness (QED) is 0.213. The van der Waals surface area contributed by atoms with Crippen molar-refractivity contribution in [2.24, 2.45) is 0 Å². The lowest BCUT2D eigenvalue weighted by Gasteiger charge is -2.12. The van der Waals surface area contributed by atoms with Gasteiger partial charge in [-0.25, -0.2) is 9.59 Å². The minimum absolute atomic E-state index is 0.134. The molecule has 0 aliphatic rings. The average Bonchev–Trinajstić information content (AvgIpc) is 2.85. The number of carbonyl (C=O) groups is 2. The summed E-state index contributed by atoms with van der Waals surface area (Å²) < 4.78 is 21.3. The summed E-state index contributed by atoms with van der Waals surface area (Å²) in [5.74, 6) is -0.476. The second-order valence-corrected chi connectivity index (χ2v) is 6.55. The van der Waals surface area contributed by atoms with Gasteiger partial charge in [0.2, 0.25) is 0 Å². The molecule has 2 aromatic rings. The third kappa shape index (κ3) is 7.54. The number of benzene rings is 2. The smallest absolute Gasteiger partial charge is 0.348 e. The molecule has 0 fully saturated rings. The number of carbonyl (C=O) groups excluding carboxylic acids is 2. The molecule has 0 heterocycles. The van der Waals surface area contributed by atoms with Crippen molar-refractivity contribution < 1.29 is 28.5 Å². The van der Waals surface area contributed by atoms with Gasteiger partial charge in [-0.15, -0.1) is 0 Å². The van der Waals surface area contributed by atoms with Crippen LogP contribution >= 0.6 is 0 Å². The number of ether oxygens (including phenoxy) is 4. The maximum absolute atomic E-state index is 11.9. The minimum atomic E-state index is -0.702. The highest BCUT2D eigenvalue weighted by atomic mass is 16.5. The van der Waals surface area contributed by atoms with Crippen molar-refractivity contribution in [3.63, 3.8) is 0 Å². The van der Waals surface area contributed by atoms with Crippen molar-refractivity contribution in [1.29, 1.82) is 10.5 Å². The van der Waals surface area contributed by atoms with Crippen LogP contribution < -0.4 is 9.47 Å². The molecule has 0 unspecified atom stereocenters. The molecule has 8 heteroatoms. The van der Waals surface area contributed by atoms with Crippen molar-refractivity contribution in [2.75, 3.05) is 26.4 Å². The molecule has 8 nitrogen and oxygen atoms in total. The molecule has 0 atom stereocenters. The van der Waals surface area contributed by atoms with Gasteiger partial charge in [-0.1, -0.05) is 36.4 Å². The van der Waals surface area contributed by atoms with Gasteiger partial charge in [0, 0.05) is 11.1 Å². The monoisotopic (exact) mass is 460 g/mol. The summed E-state index contributed by atoms with van der Waals surface area (Å²) in [5.41, 5.74) is 0.821. The number of hydrogen-bond acceptors (Lipinski definition) is 8. The van der Waals surface area contributed by atoms with Crippen LogP contribution in [0.4, 0.5) is 0 Å². The predicted octanol–water partition coefficient (Wildman–Crippen LogP) is 4.08. The lowest BCUT2D eigenvalue weighted by Crippen LogP contribution is -2.11. The van der Waals surface area contributed by atoms with Crippen molar-refractivity contribution in [3.8, 4) is 23.6 Å². The molecule has 0 aromatic heterocycles. The summed E-state index contributed by atoms with van der Waals surface area (Å²) >= 11 is 0. The van der Waals surface area contributed by atoms with E-state index in [1.165, 1.54) is 12.2 Å². The molecule has 0 bridgehead atoms. The maximum atomic E-state index is 11.9. The van der Waals surface area contributed by atoms with E-state index in [1.807, 2.05) is 12.1 Å². The molecule has 0 aliphatic heterocycles. The highest BCUT2D eigenvalue weighted by Crippen LogP contribution is 2.23. The molecule has 174 valence electrons. The van der Waals surface area contributed by atoms with Gasteiger partial charge in [0.15, 0.2) is 0 Å². The molecule has 2 rings (SSSR count). The van der Waals surface area contributed by atoms with E-state index < -0.39 is 11.9 Å². The van der Waals surface area contributed by atoms with Crippen LogP contribution in [-0.4, -0.2) is 38.4 Å². The molecule has 0 N–H and O–H groups in total. The fourth-order valence-corrected chi connectivity index (χ4v) is 2.77. The number of hydrogen-bond donors (Lipinski definition) is 0. The first kappa shape index (κ1) is 25.7. The molecule has 0 saturated heterocycles. The Kier molecular flexibility index (Phi) is 10.4. The number of nitrogens with zero attached hydrogens (tertiary/aromatic N) is 2. The van der Waals surface area contributed by atoms with E-state index in [4.69, 9.17) is 18.9 Å². The van der Waals surface area contributed by atoms with Crippen molar-refractivity contribution >= 4 is 24.1 Å². The first-order valence-electron chi connectivity index (χ1n) is 10.6. The summed E-state index contributed by atoms with van der Waals surface area (Å²) in [6.45, 7) is 3.98. The number of rotatable bonds is 11. The van der Waals surface area contributed by atoms with E-state index in [0.717, 1.165) is 0 Å². The third-order valence-electron chi connectivity index (χ3n) is 4.27. The van der Waals surface area contributed by atoms with Crippen LogP contribution in [0.15, 0.2) is 59.7 Å². The van der Waals surface area contributed by atoms with E-state index in [1.54, 1.807) is 62.4 Å². The highest BCUT2D eigenvalue weighted by Gasteiger charge is 2.13. The molecular formula is C26H24N2O6. The SMILES string of the molecule is CCOC(=O)/C(C#N)=C/c1ccccc1OCCOc1ccccc1/C=C(\C#N)C(=O)OCC. The lowest BCUT2D eigenvalue weighted by atomic mass is 10.1. The first-order valence-corrected chi connectivity index (χ1v) is 10.6. The Bertz CT molecular complexity index is 1060. The van der Waals surface area contributed by atoms with Gasteiger partial charge in [-0.2, -0.15) is 10.5 Å². The molecular weight excluding hydrogens is 436 g/mol. The zero-order chi connectivity index (χ0) is 24.8. The Hall–Kier alpha value is -4.56. The van der Waals surface area contributed by atoms with Crippen LogP contribution in [0, 0.1) is 22.7 Å². The average molecular weight is 460 g/mol. The topological polar surface area (TPSA) is 119 Å². The van der Waals surface area contributed by atoms with Crippen molar-refractivity contribution in [3.05, 3.63) is 70.8 Å². The van der Waals surface area contributed by atoms with Gasteiger partial charge < -0.3 is 18.9 Å². The van der Waals surface area contributed by atoms with Gasteiger partial charge in [-0.3, -0.25) is 0 Å². The van der Waals surface area contributed by atoms with E-state index in [0.29, 0.717) is 22.6 Å². The molecule has 0 aliphatic carbocycles. The van der Waals surface area contributed by atoms with E-state index in [9.17, 15) is 20.1 Å². The van der Waals surface area contributed by atoms with Gasteiger partial charge in [-0.05, 0) is 38.1 Å². The van der Waals surface area contributed by atoms with Gasteiger partial charge in [0.1, 0.15) is 48.0 Å². The Morgan fingerprint density at radius 2 is 1.12 bits per heavy atom. The molecule has 0 radical (unpaired) electrons. The fourth-order valence-electron chi connectivity index (χ4n) is 2.77. The van der Waals surface area contributed by atoms with Crippen LogP contribution in [0.5, 0.6) is 11.5 Å². The van der Waals surface area contributed by atoms with Crippen LogP contribution in [0.25, 0.3) is 12.2 Å². The zero-order valence-corrected chi connectivity index (χ0v) is 18.9. The third-order valence-corrected chi connectivity index (χ3v) is 4.27. The molecule has 2 aromatic carbocycles. The van der Waals surface area contributed by atoms with Gasteiger partial charge >= 0.3 is 11.9 Å². The zero-order valence-electron chi connectivity index (χ0n) is 18.9. The molecule has 0 amide bonds. The standard InChI is InChI=1S/C26H24N2O6/c1-3-31-25(29)21(17-27)15-19-9-5-7-11-23(19)33-13-14-34-24-12-8-6-10-20(24)16-22(18-28)26(30)32-4-2/h5-12,15-16H,3-4,13-14H2,1-2H3/b21-15+,22-16+. The Balaban J connectivity index is 2.09. The van der Waals surface area contributed by atoms with Gasteiger partial charge in [0.25, 0.3) is 0 Å².